The van der Waals surface area contributed by atoms with E-state index < -0.39 is 23.4 Å². The molecule has 1 saturated carbocycles. The lowest BCUT2D eigenvalue weighted by atomic mass is 10.1. The van der Waals surface area contributed by atoms with Crippen molar-refractivity contribution in [2.24, 2.45) is 5.92 Å². The number of halogens is 2. The second-order valence-electron chi connectivity index (χ2n) is 3.21. The van der Waals surface area contributed by atoms with Crippen molar-refractivity contribution in [3.05, 3.63) is 0 Å². The summed E-state index contributed by atoms with van der Waals surface area (Å²) in [6.45, 7) is 0.123. The molecule has 0 aromatic carbocycles. The number of carbonyl (C=O) groups is 1. The molecule has 0 amide bonds. The predicted molar refractivity (Wildman–Crippen MR) is 34.0 cm³/mol. The first kappa shape index (κ1) is 7.91. The second kappa shape index (κ2) is 1.96. The summed E-state index contributed by atoms with van der Waals surface area (Å²) < 4.78 is 30.5. The molecule has 2 aliphatic rings. The van der Waals surface area contributed by atoms with E-state index in [2.05, 4.69) is 4.74 Å². The molecule has 12 heavy (non-hydrogen) atoms. The average Bonchev–Trinajstić information content (AvgIpc) is 2.52. The van der Waals surface area contributed by atoms with Gasteiger partial charge < -0.3 is 9.84 Å². The summed E-state index contributed by atoms with van der Waals surface area (Å²) in [4.78, 5) is 10.5. The van der Waals surface area contributed by atoms with Crippen molar-refractivity contribution in [2.45, 2.75) is 24.4 Å². The number of ether oxygens (including phenoxy) is 1. The molecule has 1 heterocycles. The van der Waals surface area contributed by atoms with E-state index in [0.29, 0.717) is 6.42 Å². The highest BCUT2D eigenvalue weighted by molar-refractivity contribution is 5.85. The van der Waals surface area contributed by atoms with Gasteiger partial charge in [-0.05, 0) is 12.8 Å². The van der Waals surface area contributed by atoms with Crippen LogP contribution in [0.15, 0.2) is 0 Å². The Labute approximate surface area is 67.3 Å². The minimum absolute atomic E-state index is 0.123. The van der Waals surface area contributed by atoms with Crippen LogP contribution in [-0.2, 0) is 9.53 Å². The number of fused-ring (bicyclic) bond motifs is 1. The normalized spacial score (nSPS) is 43.3. The van der Waals surface area contributed by atoms with Gasteiger partial charge in [-0.3, -0.25) is 0 Å². The summed E-state index contributed by atoms with van der Waals surface area (Å²) in [5.41, 5.74) is -2.18. The van der Waals surface area contributed by atoms with Crippen molar-refractivity contribution in [1.29, 1.82) is 0 Å². The third kappa shape index (κ3) is 0.612. The van der Waals surface area contributed by atoms with Crippen LogP contribution in [0.3, 0.4) is 0 Å². The largest absolute Gasteiger partial charge is 0.479 e. The van der Waals surface area contributed by atoms with Crippen LogP contribution in [0.4, 0.5) is 8.78 Å². The predicted octanol–water partition coefficient (Wildman–Crippen LogP) is 0.885. The molecule has 0 aromatic rings. The van der Waals surface area contributed by atoms with E-state index >= 15 is 0 Å². The second-order valence-corrected chi connectivity index (χ2v) is 3.21. The summed E-state index contributed by atoms with van der Waals surface area (Å²) in [6, 6.07) is 0. The lowest BCUT2D eigenvalue weighted by Crippen LogP contribution is -2.35. The smallest absolute Gasteiger partial charge is 0.342 e. The molecule has 3 nitrogen and oxygen atoms in total. The van der Waals surface area contributed by atoms with Gasteiger partial charge in [0.15, 0.2) is 0 Å². The van der Waals surface area contributed by atoms with E-state index in [0.717, 1.165) is 0 Å². The number of hydrogen-bond acceptors (Lipinski definition) is 2. The Balaban J connectivity index is 2.30. The third-order valence-corrected chi connectivity index (χ3v) is 2.62. The van der Waals surface area contributed by atoms with Gasteiger partial charge in [0.2, 0.25) is 5.60 Å². The molecular formula is C7H8F2O3. The maximum atomic E-state index is 12.9. The van der Waals surface area contributed by atoms with Crippen LogP contribution in [0.1, 0.15) is 12.8 Å². The lowest BCUT2D eigenvalue weighted by Gasteiger charge is -2.16. The highest BCUT2D eigenvalue weighted by atomic mass is 19.3. The van der Waals surface area contributed by atoms with Crippen LogP contribution in [0.25, 0.3) is 0 Å². The fraction of sp³-hybridized carbons (Fsp3) is 0.857. The van der Waals surface area contributed by atoms with Crippen LogP contribution in [0.5, 0.6) is 0 Å². The minimum atomic E-state index is -3.16. The fourth-order valence-electron chi connectivity index (χ4n) is 1.90. The molecule has 2 fully saturated rings. The van der Waals surface area contributed by atoms with E-state index in [1.165, 1.54) is 0 Å². The molecule has 68 valence electrons. The SMILES string of the molecule is O=C(O)[C@@]12OCCC[C@@H]1C2(F)F. The van der Waals surface area contributed by atoms with Gasteiger partial charge in [-0.15, -0.1) is 0 Å². The number of alkyl halides is 2. The van der Waals surface area contributed by atoms with E-state index in [1.807, 2.05) is 0 Å². The van der Waals surface area contributed by atoms with E-state index in [4.69, 9.17) is 5.11 Å². The van der Waals surface area contributed by atoms with Crippen molar-refractivity contribution in [3.63, 3.8) is 0 Å². The van der Waals surface area contributed by atoms with Crippen molar-refractivity contribution in [2.75, 3.05) is 6.61 Å². The van der Waals surface area contributed by atoms with Crippen LogP contribution < -0.4 is 0 Å². The molecule has 1 N–H and O–H groups in total. The maximum Gasteiger partial charge on any atom is 0.342 e. The number of aliphatic carboxylic acids is 1. The molecule has 2 rings (SSSR count). The Morgan fingerprint density at radius 1 is 1.58 bits per heavy atom. The van der Waals surface area contributed by atoms with Gasteiger partial charge in [-0.1, -0.05) is 0 Å². The van der Waals surface area contributed by atoms with Crippen LogP contribution in [-0.4, -0.2) is 29.2 Å². The molecule has 0 bridgehead atoms. The topological polar surface area (TPSA) is 46.5 Å². The van der Waals surface area contributed by atoms with Gasteiger partial charge in [0, 0.05) is 6.61 Å². The van der Waals surface area contributed by atoms with Crippen molar-refractivity contribution < 1.29 is 23.4 Å². The summed E-state index contributed by atoms with van der Waals surface area (Å²) >= 11 is 0. The highest BCUT2D eigenvalue weighted by Gasteiger charge is 2.87. The van der Waals surface area contributed by atoms with Gasteiger partial charge in [0.05, 0.1) is 5.92 Å². The fourth-order valence-corrected chi connectivity index (χ4v) is 1.90. The maximum absolute atomic E-state index is 12.9. The molecule has 1 aliphatic heterocycles. The van der Waals surface area contributed by atoms with Gasteiger partial charge >= 0.3 is 5.97 Å². The molecular weight excluding hydrogens is 170 g/mol. The molecule has 0 unspecified atom stereocenters. The number of carboxylic acids is 1. The van der Waals surface area contributed by atoms with E-state index in [9.17, 15) is 13.6 Å². The molecule has 0 spiro atoms. The van der Waals surface area contributed by atoms with Gasteiger partial charge in [0.1, 0.15) is 0 Å². The lowest BCUT2D eigenvalue weighted by molar-refractivity contribution is -0.164. The van der Waals surface area contributed by atoms with Gasteiger partial charge in [-0.25, -0.2) is 13.6 Å². The van der Waals surface area contributed by atoms with Crippen LogP contribution >= 0.6 is 0 Å². The quantitative estimate of drug-likeness (QED) is 0.648. The summed E-state index contributed by atoms with van der Waals surface area (Å²) in [5.74, 6) is -5.79. The molecule has 2 atom stereocenters. The number of rotatable bonds is 1. The third-order valence-electron chi connectivity index (χ3n) is 2.62. The molecule has 0 radical (unpaired) electrons. The Morgan fingerprint density at radius 2 is 2.25 bits per heavy atom. The van der Waals surface area contributed by atoms with E-state index in [-0.39, 0.29) is 13.0 Å². The van der Waals surface area contributed by atoms with Crippen LogP contribution in [0.2, 0.25) is 0 Å². The summed E-state index contributed by atoms with van der Waals surface area (Å²) in [5, 5.41) is 8.57. The minimum Gasteiger partial charge on any atom is -0.479 e. The van der Waals surface area contributed by atoms with E-state index in [1.54, 1.807) is 0 Å². The summed E-state index contributed by atoms with van der Waals surface area (Å²) in [7, 11) is 0. The van der Waals surface area contributed by atoms with Crippen molar-refractivity contribution in [1.82, 2.24) is 0 Å². The number of hydrogen-bond donors (Lipinski definition) is 1. The monoisotopic (exact) mass is 178 g/mol. The molecule has 5 heteroatoms. The zero-order valence-electron chi connectivity index (χ0n) is 6.22. The van der Waals surface area contributed by atoms with Gasteiger partial charge in [0.25, 0.3) is 5.92 Å². The Bertz CT molecular complexity index is 241. The Hall–Kier alpha value is -0.710. The Morgan fingerprint density at radius 3 is 2.67 bits per heavy atom. The molecule has 1 aliphatic carbocycles. The Kier molecular flexibility index (Phi) is 1.29. The van der Waals surface area contributed by atoms with Gasteiger partial charge in [-0.2, -0.15) is 0 Å². The molecule has 1 saturated heterocycles. The molecule has 0 aromatic heterocycles. The standard InChI is InChI=1S/C7H8F2O3/c8-7(9)4-2-1-3-12-6(4,7)5(10)11/h4H,1-3H2,(H,10,11)/t4-,6-/m0/s1. The first-order valence-electron chi connectivity index (χ1n) is 3.78. The summed E-state index contributed by atoms with van der Waals surface area (Å²) in [6.07, 6.45) is 0.772. The van der Waals surface area contributed by atoms with Crippen molar-refractivity contribution >= 4 is 5.97 Å². The zero-order valence-corrected chi connectivity index (χ0v) is 6.22. The highest BCUT2D eigenvalue weighted by Crippen LogP contribution is 2.64. The van der Waals surface area contributed by atoms with Crippen LogP contribution in [0, 0.1) is 5.92 Å². The van der Waals surface area contributed by atoms with Crippen molar-refractivity contribution in [3.8, 4) is 0 Å². The zero-order chi connectivity index (χ0) is 8.98. The number of carboxylic acid groups (broad SMARTS) is 1. The first-order valence-corrected chi connectivity index (χ1v) is 3.78. The average molecular weight is 178 g/mol. The first-order chi connectivity index (χ1) is 5.53.